The molecule has 0 spiro atoms. The van der Waals surface area contributed by atoms with Gasteiger partial charge in [0, 0.05) is 22.9 Å². The number of anilines is 1. The molecule has 0 radical (unpaired) electrons. The number of rotatable bonds is 2. The minimum atomic E-state index is -0.259. The Morgan fingerprint density at radius 3 is 2.76 bits per heavy atom. The Kier molecular flexibility index (Phi) is 3.19. The molecule has 17 heavy (non-hydrogen) atoms. The average Bonchev–Trinajstić information content (AvgIpc) is 2.33. The molecule has 0 atom stereocenters. The lowest BCUT2D eigenvalue weighted by Crippen LogP contribution is -1.95. The average molecular weight is 228 g/mol. The number of aromatic nitrogens is 1. The van der Waals surface area contributed by atoms with Gasteiger partial charge in [0.2, 0.25) is 0 Å². The highest BCUT2D eigenvalue weighted by molar-refractivity contribution is 5.71. The molecule has 0 unspecified atom stereocenters. The van der Waals surface area contributed by atoms with Crippen LogP contribution in [0, 0.1) is 5.82 Å². The van der Waals surface area contributed by atoms with E-state index in [9.17, 15) is 4.39 Å². The van der Waals surface area contributed by atoms with Gasteiger partial charge in [0.15, 0.2) is 0 Å². The molecule has 0 aliphatic carbocycles. The highest BCUT2D eigenvalue weighted by Gasteiger charge is 2.06. The summed E-state index contributed by atoms with van der Waals surface area (Å²) in [5.74, 6) is 0.189. The maximum absolute atomic E-state index is 13.6. The molecule has 2 N–H and O–H groups in total. The predicted octanol–water partition coefficient (Wildman–Crippen LogP) is 3.50. The first-order chi connectivity index (χ1) is 8.22. The molecule has 0 saturated heterocycles. The number of nitrogens with zero attached hydrogens (tertiary/aromatic N) is 1. The molecule has 2 nitrogen and oxygen atoms in total. The van der Waals surface area contributed by atoms with Gasteiger partial charge in [-0.05, 0) is 19.1 Å². The number of benzene rings is 1. The van der Waals surface area contributed by atoms with Gasteiger partial charge in [-0.2, -0.15) is 0 Å². The lowest BCUT2D eigenvalue weighted by Gasteiger charge is -2.05. The van der Waals surface area contributed by atoms with Crippen LogP contribution in [0.5, 0.6) is 0 Å². The van der Waals surface area contributed by atoms with E-state index in [-0.39, 0.29) is 5.82 Å². The van der Waals surface area contributed by atoms with Crippen LogP contribution < -0.4 is 5.73 Å². The molecule has 0 amide bonds. The van der Waals surface area contributed by atoms with Crippen molar-refractivity contribution in [1.29, 1.82) is 0 Å². The number of nitrogens with two attached hydrogens (primary N) is 1. The Hall–Kier alpha value is -2.16. The summed E-state index contributed by atoms with van der Waals surface area (Å²) < 4.78 is 13.6. The molecule has 0 bridgehead atoms. The Morgan fingerprint density at radius 2 is 2.06 bits per heavy atom. The Labute approximate surface area is 99.6 Å². The fourth-order valence-electron chi connectivity index (χ4n) is 1.65. The largest absolute Gasteiger partial charge is 0.383 e. The molecular formula is C14H13FN2. The van der Waals surface area contributed by atoms with Gasteiger partial charge in [-0.25, -0.2) is 9.37 Å². The Bertz CT molecular complexity index is 562. The number of pyridine rings is 1. The zero-order valence-electron chi connectivity index (χ0n) is 9.52. The molecule has 0 saturated carbocycles. The summed E-state index contributed by atoms with van der Waals surface area (Å²) >= 11 is 0. The SMILES string of the molecule is C/C=C/c1cc(-c2ccccc2F)cnc1N. The molecule has 2 rings (SSSR count). The van der Waals surface area contributed by atoms with Crippen molar-refractivity contribution in [2.75, 3.05) is 5.73 Å². The minimum absolute atomic E-state index is 0.259. The third-order valence-corrected chi connectivity index (χ3v) is 2.48. The number of nitrogen functional groups attached to an aromatic ring is 1. The molecule has 2 aromatic rings. The third kappa shape index (κ3) is 2.33. The lowest BCUT2D eigenvalue weighted by atomic mass is 10.0. The summed E-state index contributed by atoms with van der Waals surface area (Å²) in [6.07, 6.45) is 5.31. The van der Waals surface area contributed by atoms with Gasteiger partial charge in [-0.3, -0.25) is 0 Å². The highest BCUT2D eigenvalue weighted by atomic mass is 19.1. The molecule has 0 fully saturated rings. The summed E-state index contributed by atoms with van der Waals surface area (Å²) in [5, 5.41) is 0. The number of hydrogen-bond acceptors (Lipinski definition) is 2. The van der Waals surface area contributed by atoms with Crippen LogP contribution in [0.25, 0.3) is 17.2 Å². The second-order valence-corrected chi connectivity index (χ2v) is 3.68. The van der Waals surface area contributed by atoms with Gasteiger partial charge >= 0.3 is 0 Å². The van der Waals surface area contributed by atoms with E-state index in [1.165, 1.54) is 6.07 Å². The standard InChI is InChI=1S/C14H13FN2/c1-2-5-10-8-11(9-17-14(10)16)12-6-3-4-7-13(12)15/h2-9H,1H3,(H2,16,17)/b5-2+. The van der Waals surface area contributed by atoms with Crippen molar-refractivity contribution in [3.8, 4) is 11.1 Å². The second kappa shape index (κ2) is 4.78. The van der Waals surface area contributed by atoms with Gasteiger partial charge in [-0.1, -0.05) is 30.4 Å². The van der Waals surface area contributed by atoms with Crippen LogP contribution >= 0.6 is 0 Å². The van der Waals surface area contributed by atoms with Crippen molar-refractivity contribution >= 4 is 11.9 Å². The summed E-state index contributed by atoms with van der Waals surface area (Å²) in [4.78, 5) is 4.08. The van der Waals surface area contributed by atoms with Crippen molar-refractivity contribution in [2.24, 2.45) is 0 Å². The maximum Gasteiger partial charge on any atom is 0.131 e. The van der Waals surface area contributed by atoms with Crippen LogP contribution in [-0.4, -0.2) is 4.98 Å². The molecule has 86 valence electrons. The first kappa shape index (κ1) is 11.3. The van der Waals surface area contributed by atoms with E-state index in [1.54, 1.807) is 24.4 Å². The van der Waals surface area contributed by atoms with Gasteiger partial charge < -0.3 is 5.73 Å². The maximum atomic E-state index is 13.6. The fraction of sp³-hybridized carbons (Fsp3) is 0.0714. The molecule has 1 aromatic carbocycles. The molecular weight excluding hydrogens is 215 g/mol. The molecule has 0 aliphatic rings. The summed E-state index contributed by atoms with van der Waals surface area (Å²) in [6, 6.07) is 8.45. The highest BCUT2D eigenvalue weighted by Crippen LogP contribution is 2.24. The number of allylic oxidation sites excluding steroid dienone is 1. The minimum Gasteiger partial charge on any atom is -0.383 e. The summed E-state index contributed by atoms with van der Waals surface area (Å²) in [6.45, 7) is 1.90. The third-order valence-electron chi connectivity index (χ3n) is 2.48. The smallest absolute Gasteiger partial charge is 0.131 e. The van der Waals surface area contributed by atoms with E-state index in [0.717, 1.165) is 11.1 Å². The Balaban J connectivity index is 2.54. The first-order valence-corrected chi connectivity index (χ1v) is 5.35. The van der Waals surface area contributed by atoms with Crippen LogP contribution in [0.2, 0.25) is 0 Å². The van der Waals surface area contributed by atoms with Gasteiger partial charge in [-0.15, -0.1) is 0 Å². The first-order valence-electron chi connectivity index (χ1n) is 5.35. The van der Waals surface area contributed by atoms with E-state index >= 15 is 0 Å². The second-order valence-electron chi connectivity index (χ2n) is 3.68. The summed E-state index contributed by atoms with van der Waals surface area (Å²) in [7, 11) is 0. The van der Waals surface area contributed by atoms with Gasteiger partial charge in [0.05, 0.1) is 0 Å². The van der Waals surface area contributed by atoms with Gasteiger partial charge in [0.1, 0.15) is 11.6 Å². The quantitative estimate of drug-likeness (QED) is 0.854. The molecule has 3 heteroatoms. The van der Waals surface area contributed by atoms with E-state index in [1.807, 2.05) is 25.1 Å². The van der Waals surface area contributed by atoms with Crippen LogP contribution in [-0.2, 0) is 0 Å². The van der Waals surface area contributed by atoms with Crippen LogP contribution in [0.3, 0.4) is 0 Å². The van der Waals surface area contributed by atoms with E-state index in [0.29, 0.717) is 11.4 Å². The lowest BCUT2D eigenvalue weighted by molar-refractivity contribution is 0.631. The van der Waals surface area contributed by atoms with Crippen molar-refractivity contribution in [1.82, 2.24) is 4.98 Å². The van der Waals surface area contributed by atoms with Gasteiger partial charge in [0.25, 0.3) is 0 Å². The molecule has 1 aromatic heterocycles. The normalized spacial score (nSPS) is 10.9. The topological polar surface area (TPSA) is 38.9 Å². The molecule has 1 heterocycles. The zero-order valence-corrected chi connectivity index (χ0v) is 9.52. The van der Waals surface area contributed by atoms with Crippen LogP contribution in [0.4, 0.5) is 10.2 Å². The summed E-state index contributed by atoms with van der Waals surface area (Å²) in [5.41, 5.74) is 7.80. The monoisotopic (exact) mass is 228 g/mol. The zero-order chi connectivity index (χ0) is 12.3. The van der Waals surface area contributed by atoms with Crippen molar-refractivity contribution in [3.05, 3.63) is 54.0 Å². The van der Waals surface area contributed by atoms with Crippen LogP contribution in [0.15, 0.2) is 42.6 Å². The van der Waals surface area contributed by atoms with Crippen molar-refractivity contribution < 1.29 is 4.39 Å². The molecule has 0 aliphatic heterocycles. The van der Waals surface area contributed by atoms with Crippen LogP contribution in [0.1, 0.15) is 12.5 Å². The Morgan fingerprint density at radius 1 is 1.29 bits per heavy atom. The van der Waals surface area contributed by atoms with Crippen molar-refractivity contribution in [2.45, 2.75) is 6.92 Å². The van der Waals surface area contributed by atoms with E-state index in [2.05, 4.69) is 4.98 Å². The van der Waals surface area contributed by atoms with Crippen molar-refractivity contribution in [3.63, 3.8) is 0 Å². The number of hydrogen-bond donors (Lipinski definition) is 1. The fourth-order valence-corrected chi connectivity index (χ4v) is 1.65. The van der Waals surface area contributed by atoms with E-state index < -0.39 is 0 Å². The predicted molar refractivity (Wildman–Crippen MR) is 68.8 cm³/mol. The van der Waals surface area contributed by atoms with E-state index in [4.69, 9.17) is 5.73 Å². The number of halogens is 1.